The minimum Gasteiger partial charge on any atom is -0.494 e. The molecule has 0 saturated carbocycles. The van der Waals surface area contributed by atoms with E-state index in [0.717, 1.165) is 17.7 Å². The second-order valence-electron chi connectivity index (χ2n) is 5.06. The lowest BCUT2D eigenvalue weighted by molar-refractivity contribution is 0.101. The van der Waals surface area contributed by atoms with Gasteiger partial charge in [0, 0.05) is 23.4 Å². The highest BCUT2D eigenvalue weighted by Crippen LogP contribution is 2.28. The van der Waals surface area contributed by atoms with Gasteiger partial charge in [0.05, 0.1) is 6.61 Å². The van der Waals surface area contributed by atoms with Gasteiger partial charge in [-0.15, -0.1) is 5.10 Å². The molecule has 0 spiro atoms. The largest absolute Gasteiger partial charge is 0.494 e. The number of rotatable bonds is 8. The highest BCUT2D eigenvalue weighted by molar-refractivity contribution is 7.98. The Morgan fingerprint density at radius 3 is 2.83 bits per heavy atom. The number of nitrogens with zero attached hydrogens (tertiary/aromatic N) is 2. The summed E-state index contributed by atoms with van der Waals surface area (Å²) in [5.41, 5.74) is 1.37. The van der Waals surface area contributed by atoms with Crippen molar-refractivity contribution in [3.63, 3.8) is 0 Å². The summed E-state index contributed by atoms with van der Waals surface area (Å²) in [6.45, 7) is 6.66. The number of benzene rings is 1. The number of ketones is 1. The number of ether oxygens (including phenoxy) is 1. The number of aromatic amines is 1. The van der Waals surface area contributed by atoms with Gasteiger partial charge in [0.15, 0.2) is 10.9 Å². The zero-order chi connectivity index (χ0) is 16.8. The van der Waals surface area contributed by atoms with Gasteiger partial charge in [0.1, 0.15) is 5.75 Å². The topological polar surface area (TPSA) is 77.0 Å². The molecule has 0 amide bonds. The molecule has 124 valence electrons. The zero-order valence-corrected chi connectivity index (χ0v) is 14.4. The Hall–Kier alpha value is -2.02. The average Bonchev–Trinajstić information content (AvgIpc) is 2.87. The van der Waals surface area contributed by atoms with Gasteiger partial charge in [0.2, 0.25) is 0 Å². The van der Waals surface area contributed by atoms with Crippen molar-refractivity contribution < 1.29 is 9.53 Å². The van der Waals surface area contributed by atoms with Crippen LogP contribution in [0.5, 0.6) is 5.75 Å². The number of H-pyrrole nitrogens is 1. The van der Waals surface area contributed by atoms with Crippen molar-refractivity contribution in [3.8, 4) is 5.75 Å². The number of Topliss-reactive ketones (excluding diaryl/α,β-unsaturated/α-hetero) is 1. The summed E-state index contributed by atoms with van der Waals surface area (Å²) in [6, 6.07) is 5.43. The molecule has 6 nitrogen and oxygen atoms in total. The number of nitrogens with one attached hydrogen (secondary N) is 1. The van der Waals surface area contributed by atoms with E-state index < -0.39 is 0 Å². The fraction of sp³-hybridized carbons (Fsp3) is 0.438. The highest BCUT2D eigenvalue weighted by Gasteiger charge is 2.12. The molecule has 0 bridgehead atoms. The van der Waals surface area contributed by atoms with E-state index in [-0.39, 0.29) is 11.5 Å². The molecule has 1 heterocycles. The Balaban J connectivity index is 2.23. The highest BCUT2D eigenvalue weighted by atomic mass is 32.2. The van der Waals surface area contributed by atoms with Gasteiger partial charge in [-0.25, -0.2) is 9.89 Å². The Morgan fingerprint density at radius 2 is 2.17 bits per heavy atom. The van der Waals surface area contributed by atoms with Crippen LogP contribution in [0, 0.1) is 0 Å². The second-order valence-corrected chi connectivity index (χ2v) is 6.01. The predicted octanol–water partition coefficient (Wildman–Crippen LogP) is 2.88. The van der Waals surface area contributed by atoms with E-state index >= 15 is 0 Å². The van der Waals surface area contributed by atoms with Gasteiger partial charge in [-0.3, -0.25) is 9.36 Å². The maximum Gasteiger partial charge on any atom is 0.343 e. The molecule has 23 heavy (non-hydrogen) atoms. The molecule has 0 saturated heterocycles. The van der Waals surface area contributed by atoms with Gasteiger partial charge in [-0.1, -0.05) is 18.7 Å². The Morgan fingerprint density at radius 1 is 1.39 bits per heavy atom. The summed E-state index contributed by atoms with van der Waals surface area (Å²) in [7, 11) is 0. The van der Waals surface area contributed by atoms with Crippen molar-refractivity contribution in [1.29, 1.82) is 0 Å². The van der Waals surface area contributed by atoms with Crippen LogP contribution >= 0.6 is 11.8 Å². The van der Waals surface area contributed by atoms with Crippen molar-refractivity contribution in [1.82, 2.24) is 14.8 Å². The van der Waals surface area contributed by atoms with E-state index in [1.165, 1.54) is 11.8 Å². The van der Waals surface area contributed by atoms with E-state index in [4.69, 9.17) is 4.74 Å². The van der Waals surface area contributed by atoms with Crippen molar-refractivity contribution in [2.24, 2.45) is 0 Å². The summed E-state index contributed by atoms with van der Waals surface area (Å²) < 4.78 is 7.25. The number of carbonyl (C=O) groups excluding carboxylic acids is 1. The van der Waals surface area contributed by atoms with Crippen LogP contribution in [0.4, 0.5) is 0 Å². The van der Waals surface area contributed by atoms with Gasteiger partial charge in [0.25, 0.3) is 0 Å². The van der Waals surface area contributed by atoms with E-state index in [2.05, 4.69) is 10.2 Å². The SMILES string of the molecule is CCCn1c(SCc2cc(C(C)=O)ccc2OCC)n[nH]c1=O. The Kier molecular flexibility index (Phi) is 6.04. The summed E-state index contributed by atoms with van der Waals surface area (Å²) in [6.07, 6.45) is 0.858. The van der Waals surface area contributed by atoms with Crippen LogP contribution in [0.15, 0.2) is 28.2 Å². The van der Waals surface area contributed by atoms with Crippen LogP contribution in [0.25, 0.3) is 0 Å². The van der Waals surface area contributed by atoms with E-state index in [0.29, 0.717) is 29.6 Å². The van der Waals surface area contributed by atoms with Crippen LogP contribution in [-0.2, 0) is 12.3 Å². The van der Waals surface area contributed by atoms with Gasteiger partial charge in [-0.05, 0) is 38.5 Å². The molecule has 0 aliphatic heterocycles. The molecule has 0 aliphatic carbocycles. The van der Waals surface area contributed by atoms with Crippen LogP contribution in [0.2, 0.25) is 0 Å². The molecule has 0 aliphatic rings. The first-order valence-electron chi connectivity index (χ1n) is 7.61. The second kappa shape index (κ2) is 8.01. The quantitative estimate of drug-likeness (QED) is 0.593. The lowest BCUT2D eigenvalue weighted by atomic mass is 10.1. The van der Waals surface area contributed by atoms with E-state index in [1.54, 1.807) is 17.6 Å². The fourth-order valence-electron chi connectivity index (χ4n) is 2.18. The molecular weight excluding hydrogens is 314 g/mol. The number of thioether (sulfide) groups is 1. The molecule has 7 heteroatoms. The molecule has 1 aromatic heterocycles. The summed E-state index contributed by atoms with van der Waals surface area (Å²) >= 11 is 1.45. The minimum atomic E-state index is -0.197. The predicted molar refractivity (Wildman–Crippen MR) is 90.3 cm³/mol. The summed E-state index contributed by atoms with van der Waals surface area (Å²) in [5, 5.41) is 7.19. The zero-order valence-electron chi connectivity index (χ0n) is 13.6. The average molecular weight is 335 g/mol. The van der Waals surface area contributed by atoms with Crippen LogP contribution in [-0.4, -0.2) is 27.2 Å². The third kappa shape index (κ3) is 4.25. The minimum absolute atomic E-state index is 0.0157. The fourth-order valence-corrected chi connectivity index (χ4v) is 3.13. The maximum absolute atomic E-state index is 11.7. The molecule has 1 N–H and O–H groups in total. The molecule has 0 unspecified atom stereocenters. The van der Waals surface area contributed by atoms with E-state index in [1.807, 2.05) is 26.0 Å². The molecule has 0 fully saturated rings. The molecular formula is C16H21N3O3S. The van der Waals surface area contributed by atoms with Crippen molar-refractivity contribution >= 4 is 17.5 Å². The normalized spacial score (nSPS) is 10.7. The summed E-state index contributed by atoms with van der Waals surface area (Å²) in [5.74, 6) is 1.34. The van der Waals surface area contributed by atoms with Crippen LogP contribution < -0.4 is 10.4 Å². The smallest absolute Gasteiger partial charge is 0.343 e. The Bertz CT molecular complexity index is 736. The molecule has 0 atom stereocenters. The summed E-state index contributed by atoms with van der Waals surface area (Å²) in [4.78, 5) is 23.3. The van der Waals surface area contributed by atoms with Crippen molar-refractivity contribution in [3.05, 3.63) is 39.8 Å². The van der Waals surface area contributed by atoms with Crippen LogP contribution in [0.3, 0.4) is 0 Å². The maximum atomic E-state index is 11.7. The number of aromatic nitrogens is 3. The first-order valence-corrected chi connectivity index (χ1v) is 8.60. The standard InChI is InChI=1S/C16H21N3O3S/c1-4-8-19-15(21)17-18-16(19)23-10-13-9-12(11(3)20)6-7-14(13)22-5-2/h6-7,9H,4-5,8,10H2,1-3H3,(H,17,21). The van der Waals surface area contributed by atoms with Gasteiger partial charge < -0.3 is 4.74 Å². The lowest BCUT2D eigenvalue weighted by Crippen LogP contribution is -2.17. The monoisotopic (exact) mass is 335 g/mol. The van der Waals surface area contributed by atoms with Crippen molar-refractivity contribution in [2.45, 2.75) is 44.6 Å². The van der Waals surface area contributed by atoms with Gasteiger partial charge in [-0.2, -0.15) is 0 Å². The first kappa shape index (κ1) is 17.3. The first-order chi connectivity index (χ1) is 11.1. The van der Waals surface area contributed by atoms with Crippen molar-refractivity contribution in [2.75, 3.05) is 6.61 Å². The third-order valence-electron chi connectivity index (χ3n) is 3.29. The Labute approximate surface area is 139 Å². The number of hydrogen-bond donors (Lipinski definition) is 1. The molecule has 1 aromatic carbocycles. The molecule has 2 aromatic rings. The van der Waals surface area contributed by atoms with Crippen LogP contribution in [0.1, 0.15) is 43.1 Å². The number of carbonyl (C=O) groups is 1. The van der Waals surface area contributed by atoms with E-state index in [9.17, 15) is 9.59 Å². The molecule has 2 rings (SSSR count). The molecule has 0 radical (unpaired) electrons. The lowest BCUT2D eigenvalue weighted by Gasteiger charge is -2.11. The number of hydrogen-bond acceptors (Lipinski definition) is 5. The third-order valence-corrected chi connectivity index (χ3v) is 4.32. The van der Waals surface area contributed by atoms with Gasteiger partial charge >= 0.3 is 5.69 Å².